The maximum absolute atomic E-state index is 5.36. The average Bonchev–Trinajstić information content (AvgIpc) is 2.13. The summed E-state index contributed by atoms with van der Waals surface area (Å²) in [6, 6.07) is 0. The molecule has 0 aromatic rings. The van der Waals surface area contributed by atoms with Crippen molar-refractivity contribution in [1.82, 2.24) is 0 Å². The second-order valence-corrected chi connectivity index (χ2v) is 9.85. The fourth-order valence-corrected chi connectivity index (χ4v) is 5.86. The van der Waals surface area contributed by atoms with E-state index in [1.807, 2.05) is 18.7 Å². The van der Waals surface area contributed by atoms with E-state index < -0.39 is 5.69 Å². The van der Waals surface area contributed by atoms with Crippen LogP contribution in [0.5, 0.6) is 0 Å². The fourth-order valence-electron chi connectivity index (χ4n) is 0.665. The minimum atomic E-state index is -2.26. The van der Waals surface area contributed by atoms with Gasteiger partial charge in [-0.1, -0.05) is 24.7 Å². The van der Waals surface area contributed by atoms with Gasteiger partial charge in [-0.3, -0.25) is 0 Å². The molecule has 0 spiro atoms. The second kappa shape index (κ2) is 8.94. The normalized spacial score (nSPS) is 14.4. The first-order chi connectivity index (χ1) is 6.68. The van der Waals surface area contributed by atoms with E-state index in [9.17, 15) is 0 Å². The van der Waals surface area contributed by atoms with Crippen LogP contribution in [0.15, 0.2) is 0 Å². The monoisotopic (exact) mass is 270 g/mol. The number of hydrogen-bond donors (Lipinski definition) is 0. The Bertz CT molecular complexity index is 227. The molecule has 0 saturated carbocycles. The van der Waals surface area contributed by atoms with E-state index in [1.54, 1.807) is 0 Å². The third-order valence-corrected chi connectivity index (χ3v) is 7.42. The van der Waals surface area contributed by atoms with Gasteiger partial charge in [0.1, 0.15) is 6.11 Å². The van der Waals surface area contributed by atoms with Crippen LogP contribution in [0.4, 0.5) is 0 Å². The van der Waals surface area contributed by atoms with Gasteiger partial charge >= 0.3 is 5.69 Å². The molecule has 0 aliphatic carbocycles. The Morgan fingerprint density at radius 3 is 2.64 bits per heavy atom. The summed E-state index contributed by atoms with van der Waals surface area (Å²) in [6.07, 6.45) is 7.19. The van der Waals surface area contributed by atoms with Crippen molar-refractivity contribution in [2.24, 2.45) is 0 Å². The topological polar surface area (TPSA) is 18.5 Å². The smallest absolute Gasteiger partial charge is 0.306 e. The minimum Gasteiger partial charge on any atom is -0.383 e. The zero-order valence-electron chi connectivity index (χ0n) is 8.39. The predicted molar refractivity (Wildman–Crippen MR) is 71.3 cm³/mol. The predicted octanol–water partition coefficient (Wildman–Crippen LogP) is 3.34. The molecular weight excluding hydrogens is 255 g/mol. The number of hydrogen-bond acceptors (Lipinski definition) is 5. The summed E-state index contributed by atoms with van der Waals surface area (Å²) in [6.45, 7) is 4.57. The zero-order chi connectivity index (χ0) is 10.9. The summed E-state index contributed by atoms with van der Waals surface area (Å²) in [7, 11) is 0. The number of terminal acetylenes is 1. The van der Waals surface area contributed by atoms with Gasteiger partial charge in [-0.15, -0.1) is 0 Å². The fraction of sp³-hybridized carbons (Fsp3) is 0.750. The molecule has 82 valence electrons. The molecule has 0 radical (unpaired) electrons. The highest BCUT2D eigenvalue weighted by Gasteiger charge is 2.19. The van der Waals surface area contributed by atoms with E-state index in [0.29, 0.717) is 6.61 Å². The van der Waals surface area contributed by atoms with Crippen LogP contribution >= 0.6 is 28.8 Å². The summed E-state index contributed by atoms with van der Waals surface area (Å²) in [5.74, 6) is 3.10. The Labute approximate surface area is 99.8 Å². The van der Waals surface area contributed by atoms with Crippen LogP contribution in [-0.2, 0) is 20.9 Å². The highest BCUT2D eigenvalue weighted by molar-refractivity contribution is 8.68. The molecule has 6 heteroatoms. The first kappa shape index (κ1) is 14.7. The molecule has 1 atom stereocenters. The molecule has 0 aromatic heterocycles. The maximum Gasteiger partial charge on any atom is 0.306 e. The quantitative estimate of drug-likeness (QED) is 0.381. The van der Waals surface area contributed by atoms with Gasteiger partial charge in [-0.25, -0.2) is 0 Å². The van der Waals surface area contributed by atoms with Gasteiger partial charge in [0.05, 0.1) is 6.61 Å². The van der Waals surface area contributed by atoms with Crippen LogP contribution < -0.4 is 0 Å². The van der Waals surface area contributed by atoms with E-state index in [1.165, 1.54) is 11.4 Å². The molecule has 0 heterocycles. The second-order valence-electron chi connectivity index (χ2n) is 2.10. The van der Waals surface area contributed by atoms with Crippen molar-refractivity contribution in [3.8, 4) is 12.5 Å². The highest BCUT2D eigenvalue weighted by atomic mass is 32.9. The van der Waals surface area contributed by atoms with Crippen molar-refractivity contribution in [3.63, 3.8) is 0 Å². The first-order valence-electron chi connectivity index (χ1n) is 4.29. The Hall–Kier alpha value is 0.670. The Morgan fingerprint density at radius 1 is 1.43 bits per heavy atom. The molecule has 14 heavy (non-hydrogen) atoms. The molecule has 0 rings (SSSR count). The average molecular weight is 270 g/mol. The van der Waals surface area contributed by atoms with E-state index >= 15 is 0 Å². The largest absolute Gasteiger partial charge is 0.383 e. The minimum absolute atomic E-state index is 0.548. The lowest BCUT2D eigenvalue weighted by atomic mass is 10.9. The van der Waals surface area contributed by atoms with Crippen LogP contribution in [-0.4, -0.2) is 23.9 Å². The van der Waals surface area contributed by atoms with Crippen LogP contribution in [0.25, 0.3) is 0 Å². The van der Waals surface area contributed by atoms with Crippen molar-refractivity contribution in [2.75, 3.05) is 23.9 Å². The van der Waals surface area contributed by atoms with Gasteiger partial charge in [0.25, 0.3) is 0 Å². The van der Waals surface area contributed by atoms with Gasteiger partial charge in [0.15, 0.2) is 0 Å². The van der Waals surface area contributed by atoms with Gasteiger partial charge < -0.3 is 9.05 Å². The van der Waals surface area contributed by atoms with Gasteiger partial charge in [0, 0.05) is 11.5 Å². The molecule has 0 aliphatic heterocycles. The van der Waals surface area contributed by atoms with Crippen molar-refractivity contribution in [1.29, 1.82) is 0 Å². The summed E-state index contributed by atoms with van der Waals surface area (Å²) >= 11 is 8.63. The SMILES string of the molecule is C#COP(=S)(OCC)SCCSCC. The zero-order valence-corrected chi connectivity index (χ0v) is 11.7. The van der Waals surface area contributed by atoms with Crippen LogP contribution in [0.3, 0.4) is 0 Å². The molecule has 0 fully saturated rings. The lowest BCUT2D eigenvalue weighted by Crippen LogP contribution is -1.91. The molecule has 0 bridgehead atoms. The standard InChI is InChI=1S/C8H15O2PS3/c1-4-9-11(12,10-5-2)14-8-7-13-6-3/h1H,5-8H2,2-3H3. The van der Waals surface area contributed by atoms with E-state index in [-0.39, 0.29) is 0 Å². The van der Waals surface area contributed by atoms with Crippen LogP contribution in [0.1, 0.15) is 13.8 Å². The van der Waals surface area contributed by atoms with Crippen molar-refractivity contribution < 1.29 is 9.05 Å². The number of rotatable bonds is 8. The van der Waals surface area contributed by atoms with E-state index in [2.05, 4.69) is 13.0 Å². The molecular formula is C8H15O2PS3. The number of thioether (sulfide) groups is 1. The molecule has 0 saturated heterocycles. The van der Waals surface area contributed by atoms with Crippen molar-refractivity contribution in [3.05, 3.63) is 0 Å². The molecule has 1 unspecified atom stereocenters. The third-order valence-electron chi connectivity index (χ3n) is 1.13. The van der Waals surface area contributed by atoms with Gasteiger partial charge in [-0.05, 0) is 24.5 Å². The third kappa shape index (κ3) is 7.03. The molecule has 0 amide bonds. The lowest BCUT2D eigenvalue weighted by Gasteiger charge is -2.16. The highest BCUT2D eigenvalue weighted by Crippen LogP contribution is 2.60. The van der Waals surface area contributed by atoms with E-state index in [0.717, 1.165) is 17.3 Å². The van der Waals surface area contributed by atoms with Crippen LogP contribution in [0, 0.1) is 12.5 Å². The molecule has 2 nitrogen and oxygen atoms in total. The van der Waals surface area contributed by atoms with Crippen molar-refractivity contribution in [2.45, 2.75) is 13.8 Å². The van der Waals surface area contributed by atoms with Crippen molar-refractivity contribution >= 4 is 40.6 Å². The van der Waals surface area contributed by atoms with E-state index in [4.69, 9.17) is 27.3 Å². The summed E-state index contributed by atoms with van der Waals surface area (Å²) in [5.41, 5.74) is -2.26. The molecule has 0 aromatic carbocycles. The Balaban J connectivity index is 3.85. The molecule has 0 N–H and O–H groups in total. The molecule has 0 aliphatic rings. The van der Waals surface area contributed by atoms with Gasteiger partial charge in [0.2, 0.25) is 0 Å². The summed E-state index contributed by atoms with van der Waals surface area (Å²) in [4.78, 5) is 0. The first-order valence-corrected chi connectivity index (χ1v) is 9.68. The Kier molecular flexibility index (Phi) is 9.36. The summed E-state index contributed by atoms with van der Waals surface area (Å²) in [5, 5.41) is 0. The maximum atomic E-state index is 5.36. The Morgan fingerprint density at radius 2 is 2.14 bits per heavy atom. The summed E-state index contributed by atoms with van der Waals surface area (Å²) < 4.78 is 10.4. The van der Waals surface area contributed by atoms with Gasteiger partial charge in [-0.2, -0.15) is 11.8 Å². The lowest BCUT2D eigenvalue weighted by molar-refractivity contribution is 0.336. The van der Waals surface area contributed by atoms with Crippen LogP contribution in [0.2, 0.25) is 0 Å².